The highest BCUT2D eigenvalue weighted by Gasteiger charge is 2.22. The summed E-state index contributed by atoms with van der Waals surface area (Å²) in [4.78, 5) is 17.3. The molecule has 1 aliphatic rings. The van der Waals surface area contributed by atoms with Gasteiger partial charge in [-0.05, 0) is 36.6 Å². The van der Waals surface area contributed by atoms with Crippen LogP contribution in [-0.2, 0) is 0 Å². The van der Waals surface area contributed by atoms with Crippen LogP contribution >= 0.6 is 0 Å². The number of hydrogen-bond acceptors (Lipinski definition) is 4. The number of carbonyl (C=O) groups excluding carboxylic acids is 1. The van der Waals surface area contributed by atoms with Gasteiger partial charge in [0.15, 0.2) is 11.5 Å². The quantitative estimate of drug-likeness (QED) is 0.449. The van der Waals surface area contributed by atoms with E-state index in [2.05, 4.69) is 38.0 Å². The molecular formula is C26H36N2O3. The van der Waals surface area contributed by atoms with Crippen molar-refractivity contribution in [1.29, 1.82) is 0 Å². The molecule has 0 spiro atoms. The van der Waals surface area contributed by atoms with E-state index in [1.165, 1.54) is 0 Å². The number of allylic oxidation sites excluding steroid dienone is 5. The van der Waals surface area contributed by atoms with Crippen molar-refractivity contribution in [1.82, 2.24) is 9.80 Å². The van der Waals surface area contributed by atoms with Gasteiger partial charge in [0.1, 0.15) is 0 Å². The lowest BCUT2D eigenvalue weighted by atomic mass is 10.1. The van der Waals surface area contributed by atoms with Crippen LogP contribution in [0, 0.1) is 0 Å². The minimum Gasteiger partial charge on any atom is -0.490 e. The predicted octanol–water partition coefficient (Wildman–Crippen LogP) is 4.88. The van der Waals surface area contributed by atoms with Gasteiger partial charge in [-0.15, -0.1) is 0 Å². The fourth-order valence-electron chi connectivity index (χ4n) is 3.28. The Hall–Kier alpha value is -2.79. The maximum atomic E-state index is 13.0. The van der Waals surface area contributed by atoms with Crippen LogP contribution in [0.4, 0.5) is 0 Å². The largest absolute Gasteiger partial charge is 0.490 e. The fraction of sp³-hybridized carbons (Fsp3) is 0.423. The number of ether oxygens (including phenoxy) is 2. The third kappa shape index (κ3) is 7.76. The van der Waals surface area contributed by atoms with Crippen LogP contribution in [0.15, 0.2) is 67.3 Å². The number of nitrogens with zero attached hydrogens (tertiary/aromatic N) is 2. The van der Waals surface area contributed by atoms with Crippen LogP contribution in [0.3, 0.4) is 0 Å². The normalized spacial score (nSPS) is 15.2. The average Bonchev–Trinajstić information content (AvgIpc) is 2.81. The smallest absolute Gasteiger partial charge is 0.254 e. The molecule has 0 aromatic heterocycles. The molecule has 1 aliphatic heterocycles. The number of benzene rings is 1. The summed E-state index contributed by atoms with van der Waals surface area (Å²) in [6, 6.07) is 5.51. The second-order valence-electron chi connectivity index (χ2n) is 7.46. The molecule has 0 bridgehead atoms. The summed E-state index contributed by atoms with van der Waals surface area (Å²) in [5.41, 5.74) is 1.68. The predicted molar refractivity (Wildman–Crippen MR) is 128 cm³/mol. The van der Waals surface area contributed by atoms with Crippen LogP contribution in [0.2, 0.25) is 0 Å². The van der Waals surface area contributed by atoms with Gasteiger partial charge in [-0.25, -0.2) is 0 Å². The monoisotopic (exact) mass is 424 g/mol. The van der Waals surface area contributed by atoms with Gasteiger partial charge >= 0.3 is 0 Å². The topological polar surface area (TPSA) is 42.0 Å². The summed E-state index contributed by atoms with van der Waals surface area (Å²) in [7, 11) is 0. The van der Waals surface area contributed by atoms with Gasteiger partial charge in [-0.3, -0.25) is 9.69 Å². The molecule has 0 unspecified atom stereocenters. The first kappa shape index (κ1) is 24.5. The Labute approximate surface area is 187 Å². The van der Waals surface area contributed by atoms with Crippen molar-refractivity contribution in [2.45, 2.75) is 26.7 Å². The van der Waals surface area contributed by atoms with Gasteiger partial charge in [-0.1, -0.05) is 57.4 Å². The van der Waals surface area contributed by atoms with E-state index < -0.39 is 0 Å². The van der Waals surface area contributed by atoms with Crippen molar-refractivity contribution in [2.24, 2.45) is 0 Å². The number of piperazine rings is 1. The highest BCUT2D eigenvalue weighted by molar-refractivity contribution is 5.95. The molecule has 0 radical (unpaired) electrons. The van der Waals surface area contributed by atoms with Gasteiger partial charge in [0.25, 0.3) is 5.91 Å². The van der Waals surface area contributed by atoms with Gasteiger partial charge in [-0.2, -0.15) is 0 Å². The molecule has 168 valence electrons. The van der Waals surface area contributed by atoms with Crippen molar-refractivity contribution in [3.8, 4) is 11.5 Å². The van der Waals surface area contributed by atoms with Crippen molar-refractivity contribution < 1.29 is 14.3 Å². The van der Waals surface area contributed by atoms with E-state index in [9.17, 15) is 4.79 Å². The number of rotatable bonds is 12. The lowest BCUT2D eigenvalue weighted by Gasteiger charge is -2.34. The maximum absolute atomic E-state index is 13.0. The summed E-state index contributed by atoms with van der Waals surface area (Å²) in [5.74, 6) is 1.39. The Morgan fingerprint density at radius 3 is 2.32 bits per heavy atom. The Kier molecular flexibility index (Phi) is 10.7. The molecule has 5 nitrogen and oxygen atoms in total. The first-order chi connectivity index (χ1) is 15.1. The van der Waals surface area contributed by atoms with Crippen LogP contribution < -0.4 is 9.47 Å². The van der Waals surface area contributed by atoms with E-state index in [-0.39, 0.29) is 5.91 Å². The minimum atomic E-state index is 0.0430. The third-order valence-corrected chi connectivity index (χ3v) is 4.99. The summed E-state index contributed by atoms with van der Waals surface area (Å²) in [5, 5.41) is 0. The standard InChI is InChI=1S/C26H36N2O3/c1-5-10-22(8-4)11-9-14-27-15-17-28(18-16-27)26(29)23-12-13-24(30-19-6-2)25(21-23)31-20-7-3/h5,8-13,21H,1,4,6-7,14-20H2,2-3H3/b11-9+,22-10+. The summed E-state index contributed by atoms with van der Waals surface area (Å²) in [6.45, 7) is 16.8. The Balaban J connectivity index is 1.95. The summed E-state index contributed by atoms with van der Waals surface area (Å²) in [6.07, 6.45) is 11.5. The van der Waals surface area contributed by atoms with Gasteiger partial charge in [0, 0.05) is 38.3 Å². The summed E-state index contributed by atoms with van der Waals surface area (Å²) < 4.78 is 11.6. The van der Waals surface area contributed by atoms with Crippen LogP contribution in [0.1, 0.15) is 37.0 Å². The molecule has 5 heteroatoms. The van der Waals surface area contributed by atoms with E-state index >= 15 is 0 Å². The first-order valence-corrected chi connectivity index (χ1v) is 11.2. The van der Waals surface area contributed by atoms with Crippen molar-refractivity contribution >= 4 is 5.91 Å². The zero-order valence-corrected chi connectivity index (χ0v) is 19.0. The zero-order chi connectivity index (χ0) is 22.5. The Morgan fingerprint density at radius 1 is 1.03 bits per heavy atom. The van der Waals surface area contributed by atoms with Crippen LogP contribution in [0.5, 0.6) is 11.5 Å². The second kappa shape index (κ2) is 13.5. The molecule has 31 heavy (non-hydrogen) atoms. The molecule has 0 aliphatic carbocycles. The van der Waals surface area contributed by atoms with Crippen molar-refractivity contribution in [3.05, 3.63) is 72.9 Å². The first-order valence-electron chi connectivity index (χ1n) is 11.2. The van der Waals surface area contributed by atoms with E-state index in [4.69, 9.17) is 9.47 Å². The molecule has 1 amide bonds. The van der Waals surface area contributed by atoms with Crippen molar-refractivity contribution in [3.63, 3.8) is 0 Å². The van der Waals surface area contributed by atoms with Crippen LogP contribution in [-0.4, -0.2) is 61.6 Å². The highest BCUT2D eigenvalue weighted by Crippen LogP contribution is 2.29. The number of hydrogen-bond donors (Lipinski definition) is 0. The van der Waals surface area contributed by atoms with E-state index in [1.807, 2.05) is 41.3 Å². The Bertz CT molecular complexity index is 790. The van der Waals surface area contributed by atoms with E-state index in [0.717, 1.165) is 38.0 Å². The van der Waals surface area contributed by atoms with Gasteiger partial charge in [0.05, 0.1) is 13.2 Å². The average molecular weight is 425 g/mol. The molecule has 0 atom stereocenters. The fourth-order valence-corrected chi connectivity index (χ4v) is 3.28. The number of amides is 1. The molecule has 0 N–H and O–H groups in total. The number of carbonyl (C=O) groups is 1. The second-order valence-corrected chi connectivity index (χ2v) is 7.46. The van der Waals surface area contributed by atoms with Gasteiger partial charge in [0.2, 0.25) is 0 Å². The molecule has 0 saturated carbocycles. The maximum Gasteiger partial charge on any atom is 0.254 e. The lowest BCUT2D eigenvalue weighted by Crippen LogP contribution is -2.48. The molecular weight excluding hydrogens is 388 g/mol. The molecule has 1 aromatic rings. The zero-order valence-electron chi connectivity index (χ0n) is 19.0. The van der Waals surface area contributed by atoms with Crippen LogP contribution in [0.25, 0.3) is 0 Å². The van der Waals surface area contributed by atoms with Gasteiger partial charge < -0.3 is 14.4 Å². The molecule has 1 aromatic carbocycles. The molecule has 2 rings (SSSR count). The minimum absolute atomic E-state index is 0.0430. The van der Waals surface area contributed by atoms with E-state index in [1.54, 1.807) is 6.08 Å². The lowest BCUT2D eigenvalue weighted by molar-refractivity contribution is 0.0649. The molecule has 1 fully saturated rings. The molecule has 1 heterocycles. The summed E-state index contributed by atoms with van der Waals surface area (Å²) >= 11 is 0. The Morgan fingerprint density at radius 2 is 1.71 bits per heavy atom. The SMILES string of the molecule is C=C/C=C(C=C)/C=C/CN1CCN(C(=O)c2ccc(OCCC)c(OCCC)c2)CC1. The van der Waals surface area contributed by atoms with Crippen molar-refractivity contribution in [2.75, 3.05) is 45.9 Å². The molecule has 1 saturated heterocycles. The third-order valence-electron chi connectivity index (χ3n) is 4.99. The highest BCUT2D eigenvalue weighted by atomic mass is 16.5. The van der Waals surface area contributed by atoms with E-state index in [0.29, 0.717) is 43.4 Å².